The highest BCUT2D eigenvalue weighted by Gasteiger charge is 2.26. The van der Waals surface area contributed by atoms with E-state index in [0.29, 0.717) is 25.4 Å². The van der Waals surface area contributed by atoms with Crippen molar-refractivity contribution >= 4 is 16.8 Å². The molecule has 2 fully saturated rings. The number of rotatable bonds is 5. The van der Waals surface area contributed by atoms with Crippen molar-refractivity contribution in [3.05, 3.63) is 36.0 Å². The van der Waals surface area contributed by atoms with E-state index in [-0.39, 0.29) is 5.91 Å². The quantitative estimate of drug-likeness (QED) is 0.877. The molecule has 2 saturated heterocycles. The van der Waals surface area contributed by atoms with Crippen molar-refractivity contribution in [2.24, 2.45) is 0 Å². The lowest BCUT2D eigenvalue weighted by Crippen LogP contribution is -2.43. The molecule has 2 aliphatic heterocycles. The van der Waals surface area contributed by atoms with Crippen LogP contribution in [0.2, 0.25) is 0 Å². The molecule has 2 aliphatic rings. The lowest BCUT2D eigenvalue weighted by Gasteiger charge is -2.33. The van der Waals surface area contributed by atoms with E-state index in [2.05, 4.69) is 40.3 Å². The van der Waals surface area contributed by atoms with E-state index in [4.69, 9.17) is 0 Å². The number of carbonyl (C=O) groups excluding carboxylic acids is 1. The number of fused-ring (bicyclic) bond motifs is 1. The highest BCUT2D eigenvalue weighted by atomic mass is 16.3. The number of likely N-dealkylation sites (tertiary alicyclic amines) is 2. The van der Waals surface area contributed by atoms with Gasteiger partial charge in [0, 0.05) is 43.2 Å². The number of hydrogen-bond donors (Lipinski definition) is 2. The maximum absolute atomic E-state index is 11.7. The summed E-state index contributed by atoms with van der Waals surface area (Å²) in [5.74, 6) is 0.779. The summed E-state index contributed by atoms with van der Waals surface area (Å²) in [5.41, 5.74) is 2.64. The Morgan fingerprint density at radius 1 is 1.16 bits per heavy atom. The van der Waals surface area contributed by atoms with E-state index in [0.717, 1.165) is 38.9 Å². The van der Waals surface area contributed by atoms with Gasteiger partial charge in [-0.05, 0) is 49.9 Å². The largest absolute Gasteiger partial charge is 0.390 e. The van der Waals surface area contributed by atoms with Crippen LogP contribution >= 0.6 is 0 Å². The Labute approximate surface area is 148 Å². The number of H-pyrrole nitrogens is 1. The Kier molecular flexibility index (Phi) is 4.77. The number of aromatic amines is 1. The Morgan fingerprint density at radius 3 is 2.72 bits per heavy atom. The minimum absolute atomic E-state index is 0.192. The lowest BCUT2D eigenvalue weighted by molar-refractivity contribution is -0.129. The van der Waals surface area contributed by atoms with Crippen LogP contribution in [0.3, 0.4) is 0 Å². The van der Waals surface area contributed by atoms with Crippen LogP contribution in [0.1, 0.15) is 37.2 Å². The number of piperidine rings is 1. The molecule has 1 amide bonds. The first-order valence-corrected chi connectivity index (χ1v) is 9.45. The molecule has 0 aliphatic carbocycles. The molecule has 1 aromatic carbocycles. The van der Waals surface area contributed by atoms with E-state index < -0.39 is 6.10 Å². The molecule has 134 valence electrons. The first-order valence-electron chi connectivity index (χ1n) is 9.45. The first-order chi connectivity index (χ1) is 12.2. The van der Waals surface area contributed by atoms with E-state index in [1.54, 1.807) is 0 Å². The van der Waals surface area contributed by atoms with Gasteiger partial charge in [-0.15, -0.1) is 0 Å². The highest BCUT2D eigenvalue weighted by molar-refractivity contribution is 5.83. The van der Waals surface area contributed by atoms with Crippen molar-refractivity contribution in [2.45, 2.75) is 37.7 Å². The molecule has 1 unspecified atom stereocenters. The Balaban J connectivity index is 1.30. The molecule has 25 heavy (non-hydrogen) atoms. The molecule has 0 spiro atoms. The van der Waals surface area contributed by atoms with Gasteiger partial charge in [0.25, 0.3) is 0 Å². The topological polar surface area (TPSA) is 59.6 Å². The molecule has 3 heterocycles. The average molecular weight is 341 g/mol. The number of aromatic nitrogens is 1. The summed E-state index contributed by atoms with van der Waals surface area (Å²) in [6.07, 6.45) is 5.55. The van der Waals surface area contributed by atoms with E-state index in [9.17, 15) is 9.90 Å². The monoisotopic (exact) mass is 341 g/mol. The van der Waals surface area contributed by atoms with Crippen LogP contribution in [-0.2, 0) is 4.79 Å². The standard InChI is InChI=1S/C20H27N3O2/c24-16(14-23-9-3-6-20(23)25)13-22-10-7-15(8-11-22)18-12-21-19-5-2-1-4-17(18)19/h1-2,4-5,12,15-16,21,24H,3,6-11,13-14H2. The summed E-state index contributed by atoms with van der Waals surface area (Å²) in [6, 6.07) is 8.50. The van der Waals surface area contributed by atoms with E-state index in [1.165, 1.54) is 16.5 Å². The third kappa shape index (κ3) is 3.58. The molecule has 4 rings (SSSR count). The van der Waals surface area contributed by atoms with Crippen LogP contribution in [-0.4, -0.2) is 64.6 Å². The van der Waals surface area contributed by atoms with Crippen LogP contribution < -0.4 is 0 Å². The van der Waals surface area contributed by atoms with Gasteiger partial charge < -0.3 is 19.9 Å². The minimum atomic E-state index is -0.438. The number of benzene rings is 1. The van der Waals surface area contributed by atoms with E-state index >= 15 is 0 Å². The number of nitrogens with one attached hydrogen (secondary N) is 1. The molecule has 2 N–H and O–H groups in total. The van der Waals surface area contributed by atoms with Crippen molar-refractivity contribution in [3.8, 4) is 0 Å². The average Bonchev–Trinajstić information content (AvgIpc) is 3.22. The number of aliphatic hydroxyl groups is 1. The van der Waals surface area contributed by atoms with Crippen LogP contribution in [0.4, 0.5) is 0 Å². The number of carbonyl (C=O) groups is 1. The number of aliphatic hydroxyl groups excluding tert-OH is 1. The second kappa shape index (κ2) is 7.18. The van der Waals surface area contributed by atoms with E-state index in [1.807, 2.05) is 4.90 Å². The third-order valence-corrected chi connectivity index (χ3v) is 5.72. The summed E-state index contributed by atoms with van der Waals surface area (Å²) in [7, 11) is 0. The van der Waals surface area contributed by atoms with Crippen molar-refractivity contribution in [2.75, 3.05) is 32.7 Å². The van der Waals surface area contributed by atoms with Gasteiger partial charge in [0.2, 0.25) is 5.91 Å². The zero-order chi connectivity index (χ0) is 17.2. The maximum atomic E-state index is 11.7. The molecule has 1 aromatic heterocycles. The zero-order valence-corrected chi connectivity index (χ0v) is 14.7. The van der Waals surface area contributed by atoms with Gasteiger partial charge in [0.05, 0.1) is 6.10 Å². The van der Waals surface area contributed by atoms with Crippen LogP contribution in [0, 0.1) is 0 Å². The lowest BCUT2D eigenvalue weighted by atomic mass is 9.89. The van der Waals surface area contributed by atoms with Crippen molar-refractivity contribution in [1.29, 1.82) is 0 Å². The van der Waals surface area contributed by atoms with Gasteiger partial charge in [0.1, 0.15) is 0 Å². The van der Waals surface area contributed by atoms with Crippen molar-refractivity contribution in [1.82, 2.24) is 14.8 Å². The van der Waals surface area contributed by atoms with Gasteiger partial charge in [-0.1, -0.05) is 18.2 Å². The Morgan fingerprint density at radius 2 is 1.96 bits per heavy atom. The smallest absolute Gasteiger partial charge is 0.222 e. The summed E-state index contributed by atoms with van der Waals surface area (Å²) < 4.78 is 0. The second-order valence-electron chi connectivity index (χ2n) is 7.46. The van der Waals surface area contributed by atoms with Gasteiger partial charge in [0.15, 0.2) is 0 Å². The Bertz CT molecular complexity index is 733. The fourth-order valence-corrected chi connectivity index (χ4v) is 4.37. The van der Waals surface area contributed by atoms with Crippen LogP contribution in [0.15, 0.2) is 30.5 Å². The summed E-state index contributed by atoms with van der Waals surface area (Å²) in [4.78, 5) is 19.2. The summed E-state index contributed by atoms with van der Waals surface area (Å²) >= 11 is 0. The molecule has 0 saturated carbocycles. The predicted octanol–water partition coefficient (Wildman–Crippen LogP) is 2.33. The number of para-hydroxylation sites is 1. The van der Waals surface area contributed by atoms with Crippen molar-refractivity contribution in [3.63, 3.8) is 0 Å². The van der Waals surface area contributed by atoms with Crippen LogP contribution in [0.25, 0.3) is 10.9 Å². The molecule has 0 radical (unpaired) electrons. The molecular weight excluding hydrogens is 314 g/mol. The highest BCUT2D eigenvalue weighted by Crippen LogP contribution is 2.33. The SMILES string of the molecule is O=C1CCCN1CC(O)CN1CCC(c2c[nH]c3ccccc23)CC1. The predicted molar refractivity (Wildman–Crippen MR) is 98.5 cm³/mol. The summed E-state index contributed by atoms with van der Waals surface area (Å²) in [6.45, 7) is 3.98. The van der Waals surface area contributed by atoms with Gasteiger partial charge in [-0.2, -0.15) is 0 Å². The molecule has 0 bridgehead atoms. The molecular formula is C20H27N3O2. The van der Waals surface area contributed by atoms with Gasteiger partial charge in [-0.25, -0.2) is 0 Å². The number of nitrogens with zero attached hydrogens (tertiary/aromatic N) is 2. The molecule has 2 aromatic rings. The fraction of sp³-hybridized carbons (Fsp3) is 0.550. The number of hydrogen-bond acceptors (Lipinski definition) is 3. The molecule has 5 heteroatoms. The fourth-order valence-electron chi connectivity index (χ4n) is 4.37. The number of amides is 1. The minimum Gasteiger partial charge on any atom is -0.390 e. The summed E-state index contributed by atoms with van der Waals surface area (Å²) in [5, 5.41) is 11.7. The van der Waals surface area contributed by atoms with Crippen LogP contribution in [0.5, 0.6) is 0 Å². The normalized spacial score (nSPS) is 21.3. The zero-order valence-electron chi connectivity index (χ0n) is 14.7. The van der Waals surface area contributed by atoms with Crippen molar-refractivity contribution < 1.29 is 9.90 Å². The first kappa shape index (κ1) is 16.6. The third-order valence-electron chi connectivity index (χ3n) is 5.72. The van der Waals surface area contributed by atoms with Gasteiger partial charge >= 0.3 is 0 Å². The molecule has 5 nitrogen and oxygen atoms in total. The second-order valence-corrected chi connectivity index (χ2v) is 7.46. The molecule has 1 atom stereocenters. The Hall–Kier alpha value is -1.85. The number of β-amino-alcohol motifs (C(OH)–C–C–N with tert-alkyl or cyclic N) is 1. The maximum Gasteiger partial charge on any atom is 0.222 e. The van der Waals surface area contributed by atoms with Gasteiger partial charge in [-0.3, -0.25) is 4.79 Å².